The second kappa shape index (κ2) is 9.42. The summed E-state index contributed by atoms with van der Waals surface area (Å²) in [4.78, 5) is 0. The van der Waals surface area contributed by atoms with E-state index >= 15 is 0 Å². The molecule has 0 saturated heterocycles. The Bertz CT molecular complexity index is 287. The Morgan fingerprint density at radius 1 is 0.783 bits per heavy atom. The van der Waals surface area contributed by atoms with Crippen molar-refractivity contribution in [3.8, 4) is 0 Å². The summed E-state index contributed by atoms with van der Waals surface area (Å²) in [7, 11) is 0. The number of unbranched alkanes of at least 4 members (excludes halogenated alkanes) is 4. The molecule has 140 valence electrons. The van der Waals surface area contributed by atoms with Gasteiger partial charge in [-0.15, -0.1) is 0 Å². The number of aliphatic hydroxyl groups is 1. The second-order valence-electron chi connectivity index (χ2n) is 9.98. The van der Waals surface area contributed by atoms with Crippen LogP contribution in [-0.4, -0.2) is 16.7 Å². The topological polar surface area (TPSA) is 51.7 Å². The molecular weight excluding hydrogens is 284 g/mol. The van der Waals surface area contributed by atoms with Gasteiger partial charge in [-0.2, -0.15) is 0 Å². The molecule has 2 nitrogen and oxygen atoms in total. The van der Waals surface area contributed by atoms with Crippen molar-refractivity contribution in [1.82, 2.24) is 0 Å². The van der Waals surface area contributed by atoms with Gasteiger partial charge in [0.05, 0.1) is 6.10 Å². The lowest BCUT2D eigenvalue weighted by Crippen LogP contribution is -2.47. The first kappa shape index (κ1) is 22.9. The molecule has 1 aliphatic carbocycles. The SMILES string of the molecule is CCCCCCCC1CC(C(C)(C)C)C(O)C(C(C)(C)C)C1.O. The molecule has 1 rings (SSSR count). The van der Waals surface area contributed by atoms with Crippen molar-refractivity contribution >= 4 is 0 Å². The highest BCUT2D eigenvalue weighted by molar-refractivity contribution is 4.95. The van der Waals surface area contributed by atoms with Crippen LogP contribution in [0.25, 0.3) is 0 Å². The van der Waals surface area contributed by atoms with E-state index in [0.29, 0.717) is 11.8 Å². The van der Waals surface area contributed by atoms with Gasteiger partial charge in [0.2, 0.25) is 0 Å². The number of rotatable bonds is 6. The molecule has 0 heterocycles. The van der Waals surface area contributed by atoms with Crippen LogP contribution < -0.4 is 0 Å². The Kier molecular flexibility index (Phi) is 9.38. The van der Waals surface area contributed by atoms with Crippen LogP contribution in [0.15, 0.2) is 0 Å². The van der Waals surface area contributed by atoms with Crippen molar-refractivity contribution in [2.45, 2.75) is 106 Å². The van der Waals surface area contributed by atoms with Gasteiger partial charge in [-0.25, -0.2) is 0 Å². The second-order valence-corrected chi connectivity index (χ2v) is 9.98. The fourth-order valence-electron chi connectivity index (χ4n) is 4.38. The molecular formula is C21H44O2. The van der Waals surface area contributed by atoms with E-state index in [0.717, 1.165) is 5.92 Å². The van der Waals surface area contributed by atoms with Crippen LogP contribution >= 0.6 is 0 Å². The summed E-state index contributed by atoms with van der Waals surface area (Å²) >= 11 is 0. The molecule has 1 saturated carbocycles. The van der Waals surface area contributed by atoms with E-state index in [1.54, 1.807) is 0 Å². The third-order valence-corrected chi connectivity index (χ3v) is 5.94. The molecule has 2 atom stereocenters. The zero-order valence-electron chi connectivity index (χ0n) is 16.9. The van der Waals surface area contributed by atoms with Gasteiger partial charge in [0.25, 0.3) is 0 Å². The Labute approximate surface area is 145 Å². The first-order chi connectivity index (χ1) is 10.1. The normalized spacial score (nSPS) is 29.2. The van der Waals surface area contributed by atoms with Crippen molar-refractivity contribution in [3.63, 3.8) is 0 Å². The van der Waals surface area contributed by atoms with Crippen molar-refractivity contribution in [2.24, 2.45) is 28.6 Å². The summed E-state index contributed by atoms with van der Waals surface area (Å²) in [5.41, 5.74) is 0.424. The molecule has 0 aromatic rings. The molecule has 0 aromatic heterocycles. The molecule has 1 aliphatic rings. The van der Waals surface area contributed by atoms with Gasteiger partial charge in [0.1, 0.15) is 0 Å². The van der Waals surface area contributed by atoms with Crippen LogP contribution in [0.3, 0.4) is 0 Å². The smallest absolute Gasteiger partial charge is 0.0606 e. The Morgan fingerprint density at radius 2 is 1.22 bits per heavy atom. The highest BCUT2D eigenvalue weighted by atomic mass is 16.3. The average Bonchev–Trinajstić information content (AvgIpc) is 2.37. The van der Waals surface area contributed by atoms with Crippen molar-refractivity contribution in [3.05, 3.63) is 0 Å². The zero-order valence-corrected chi connectivity index (χ0v) is 16.9. The van der Waals surface area contributed by atoms with Crippen LogP contribution in [-0.2, 0) is 0 Å². The summed E-state index contributed by atoms with van der Waals surface area (Å²) < 4.78 is 0. The van der Waals surface area contributed by atoms with Crippen LogP contribution in [0.2, 0.25) is 0 Å². The van der Waals surface area contributed by atoms with Crippen molar-refractivity contribution < 1.29 is 10.6 Å². The van der Waals surface area contributed by atoms with Gasteiger partial charge in [-0.05, 0) is 41.4 Å². The van der Waals surface area contributed by atoms with Crippen LogP contribution in [0.5, 0.6) is 0 Å². The van der Waals surface area contributed by atoms with Gasteiger partial charge in [-0.3, -0.25) is 0 Å². The monoisotopic (exact) mass is 328 g/mol. The van der Waals surface area contributed by atoms with Gasteiger partial charge < -0.3 is 10.6 Å². The number of aliphatic hydroxyl groups excluding tert-OH is 1. The van der Waals surface area contributed by atoms with E-state index in [1.807, 2.05) is 0 Å². The summed E-state index contributed by atoms with van der Waals surface area (Å²) in [6.45, 7) is 16.1. The van der Waals surface area contributed by atoms with Gasteiger partial charge >= 0.3 is 0 Å². The quantitative estimate of drug-likeness (QED) is 0.632. The predicted octanol–water partition coefficient (Wildman–Crippen LogP) is 5.62. The number of hydrogen-bond acceptors (Lipinski definition) is 1. The van der Waals surface area contributed by atoms with E-state index < -0.39 is 0 Å². The van der Waals surface area contributed by atoms with Gasteiger partial charge in [-0.1, -0.05) is 87.0 Å². The zero-order chi connectivity index (χ0) is 17.0. The summed E-state index contributed by atoms with van der Waals surface area (Å²) in [6, 6.07) is 0. The summed E-state index contributed by atoms with van der Waals surface area (Å²) in [6.07, 6.45) is 10.6. The minimum absolute atomic E-state index is 0. The van der Waals surface area contributed by atoms with Crippen molar-refractivity contribution in [2.75, 3.05) is 0 Å². The maximum absolute atomic E-state index is 11.0. The Morgan fingerprint density at radius 3 is 1.61 bits per heavy atom. The van der Waals surface area contributed by atoms with E-state index in [9.17, 15) is 5.11 Å². The molecule has 3 N–H and O–H groups in total. The van der Waals surface area contributed by atoms with Crippen LogP contribution in [0.1, 0.15) is 99.8 Å². The van der Waals surface area contributed by atoms with E-state index in [1.165, 1.54) is 51.4 Å². The molecule has 0 aliphatic heterocycles. The minimum atomic E-state index is -0.128. The molecule has 0 amide bonds. The number of hydrogen-bond donors (Lipinski definition) is 1. The maximum Gasteiger partial charge on any atom is 0.0606 e. The average molecular weight is 329 g/mol. The van der Waals surface area contributed by atoms with Gasteiger partial charge in [0, 0.05) is 0 Å². The maximum atomic E-state index is 11.0. The van der Waals surface area contributed by atoms with E-state index in [-0.39, 0.29) is 22.4 Å². The van der Waals surface area contributed by atoms with Gasteiger partial charge in [0.15, 0.2) is 0 Å². The Balaban J connectivity index is 0.00000484. The first-order valence-electron chi connectivity index (χ1n) is 9.75. The highest BCUT2D eigenvalue weighted by Gasteiger charge is 2.45. The molecule has 0 radical (unpaired) electrons. The lowest BCUT2D eigenvalue weighted by molar-refractivity contribution is -0.0847. The highest BCUT2D eigenvalue weighted by Crippen LogP contribution is 2.49. The van der Waals surface area contributed by atoms with Crippen LogP contribution in [0, 0.1) is 28.6 Å². The van der Waals surface area contributed by atoms with Crippen LogP contribution in [0.4, 0.5) is 0 Å². The van der Waals surface area contributed by atoms with E-state index in [2.05, 4.69) is 48.5 Å². The molecule has 2 heteroatoms. The summed E-state index contributed by atoms with van der Waals surface area (Å²) in [5.74, 6) is 1.72. The fraction of sp³-hybridized carbons (Fsp3) is 1.00. The molecule has 0 aromatic carbocycles. The molecule has 0 spiro atoms. The molecule has 23 heavy (non-hydrogen) atoms. The predicted molar refractivity (Wildman–Crippen MR) is 102 cm³/mol. The first-order valence-corrected chi connectivity index (χ1v) is 9.75. The third kappa shape index (κ3) is 7.13. The molecule has 2 unspecified atom stereocenters. The molecule has 0 bridgehead atoms. The lowest BCUT2D eigenvalue weighted by Gasteiger charge is -2.49. The fourth-order valence-corrected chi connectivity index (χ4v) is 4.38. The lowest BCUT2D eigenvalue weighted by atomic mass is 9.58. The Hall–Kier alpha value is -0.0800. The van der Waals surface area contributed by atoms with Crippen molar-refractivity contribution in [1.29, 1.82) is 0 Å². The third-order valence-electron chi connectivity index (χ3n) is 5.94. The molecule has 1 fully saturated rings. The standard InChI is InChI=1S/C21H42O.H2O/c1-8-9-10-11-12-13-16-14-17(20(2,3)4)19(22)18(15-16)21(5,6)7;/h16-19,22H,8-15H2,1-7H3;1H2. The minimum Gasteiger partial charge on any atom is -0.412 e. The summed E-state index contributed by atoms with van der Waals surface area (Å²) in [5, 5.41) is 11.0. The largest absolute Gasteiger partial charge is 0.412 e. The van der Waals surface area contributed by atoms with E-state index in [4.69, 9.17) is 0 Å².